The average Bonchev–Trinajstić information content (AvgIpc) is 3.23. The van der Waals surface area contributed by atoms with Gasteiger partial charge in [-0.25, -0.2) is 4.39 Å². The smallest absolute Gasteiger partial charge is 0.239 e. The van der Waals surface area contributed by atoms with Gasteiger partial charge < -0.3 is 9.26 Å². The fourth-order valence-electron chi connectivity index (χ4n) is 5.80. The number of hydrogen-bond donors (Lipinski definition) is 0. The van der Waals surface area contributed by atoms with E-state index in [0.29, 0.717) is 17.7 Å². The predicted molar refractivity (Wildman–Crippen MR) is 125 cm³/mol. The quantitative estimate of drug-likeness (QED) is 0.340. The third-order valence-electron chi connectivity index (χ3n) is 7.78. The lowest BCUT2D eigenvalue weighted by molar-refractivity contribution is 0.215. The van der Waals surface area contributed by atoms with Crippen molar-refractivity contribution in [2.75, 3.05) is 0 Å². The Hall–Kier alpha value is -2.42. The van der Waals surface area contributed by atoms with E-state index in [2.05, 4.69) is 38.8 Å². The summed E-state index contributed by atoms with van der Waals surface area (Å²) < 4.78 is 27.7. The van der Waals surface area contributed by atoms with Crippen molar-refractivity contribution in [3.8, 4) is 5.75 Å². The summed E-state index contributed by atoms with van der Waals surface area (Å²) in [7, 11) is 0. The normalized spacial score (nSPS) is 25.6. The molecule has 0 aliphatic heterocycles. The van der Waals surface area contributed by atoms with Gasteiger partial charge in [0.25, 0.3) is 0 Å². The number of rotatable bonds is 9. The molecule has 3 aromatic rings. The van der Waals surface area contributed by atoms with Crippen molar-refractivity contribution in [3.63, 3.8) is 0 Å². The molecule has 5 unspecified atom stereocenters. The van der Waals surface area contributed by atoms with Crippen molar-refractivity contribution >= 4 is 11.8 Å². The summed E-state index contributed by atoms with van der Waals surface area (Å²) in [6, 6.07) is 6.71. The molecule has 7 nitrogen and oxygen atoms in total. The number of ether oxygens (including phenoxy) is 1. The molecule has 3 aliphatic carbocycles. The Kier molecular flexibility index (Phi) is 5.83. The molecule has 2 heterocycles. The van der Waals surface area contributed by atoms with E-state index in [1.807, 2.05) is 0 Å². The van der Waals surface area contributed by atoms with Crippen LogP contribution in [0.15, 0.2) is 33.9 Å². The monoisotopic (exact) mass is 483 g/mol. The van der Waals surface area contributed by atoms with E-state index in [1.165, 1.54) is 31.7 Å². The highest BCUT2D eigenvalue weighted by Gasteiger charge is 2.43. The van der Waals surface area contributed by atoms with Crippen LogP contribution in [0.5, 0.6) is 5.75 Å². The number of halogens is 1. The van der Waals surface area contributed by atoms with Crippen LogP contribution in [0, 0.1) is 23.6 Å². The summed E-state index contributed by atoms with van der Waals surface area (Å²) in [5.41, 5.74) is 0. The Balaban J connectivity index is 1.25. The van der Waals surface area contributed by atoms with E-state index < -0.39 is 0 Å². The first-order valence-corrected chi connectivity index (χ1v) is 13.3. The van der Waals surface area contributed by atoms with Crippen LogP contribution in [0.3, 0.4) is 0 Å². The Morgan fingerprint density at radius 1 is 1.15 bits per heavy atom. The maximum absolute atomic E-state index is 14.1. The zero-order valence-electron chi connectivity index (χ0n) is 19.6. The minimum Gasteiger partial charge on any atom is -0.483 e. The summed E-state index contributed by atoms with van der Waals surface area (Å²) in [6.07, 6.45) is 7.54. The van der Waals surface area contributed by atoms with Crippen LogP contribution in [0.2, 0.25) is 0 Å². The summed E-state index contributed by atoms with van der Waals surface area (Å²) in [5.74, 6) is 4.68. The number of thioether (sulfide) groups is 1. The number of para-hydroxylation sites is 1. The van der Waals surface area contributed by atoms with Gasteiger partial charge in [-0.1, -0.05) is 35.5 Å². The fraction of sp³-hybridized carbons (Fsp3) is 0.600. The number of fused-ring (bicyclic) bond motifs is 2. The van der Waals surface area contributed by atoms with Crippen LogP contribution >= 0.6 is 11.8 Å². The molecule has 5 atom stereocenters. The highest BCUT2D eigenvalue weighted by atomic mass is 32.2. The first-order valence-electron chi connectivity index (χ1n) is 12.4. The molecular formula is C25H30FN5O2S. The molecule has 180 valence electrons. The van der Waals surface area contributed by atoms with Gasteiger partial charge in [0.15, 0.2) is 28.4 Å². The molecule has 9 heteroatoms. The molecule has 1 aromatic carbocycles. The molecule has 0 saturated heterocycles. The van der Waals surface area contributed by atoms with E-state index in [0.717, 1.165) is 41.5 Å². The van der Waals surface area contributed by atoms with Crippen LogP contribution in [0.1, 0.15) is 87.1 Å². The molecule has 2 aromatic heterocycles. The van der Waals surface area contributed by atoms with Crippen LogP contribution in [0.25, 0.3) is 0 Å². The third-order valence-corrected chi connectivity index (χ3v) is 8.82. The second-order valence-corrected chi connectivity index (χ2v) is 11.4. The zero-order chi connectivity index (χ0) is 23.2. The fourth-order valence-corrected chi connectivity index (χ4v) is 6.79. The topological polar surface area (TPSA) is 78.9 Å². The second kappa shape index (κ2) is 8.98. The number of hydrogen-bond acceptors (Lipinski definition) is 7. The van der Waals surface area contributed by atoms with E-state index >= 15 is 0 Å². The van der Waals surface area contributed by atoms with Gasteiger partial charge in [-0.3, -0.25) is 4.57 Å². The summed E-state index contributed by atoms with van der Waals surface area (Å²) in [6.45, 7) is 4.50. The summed E-state index contributed by atoms with van der Waals surface area (Å²) in [5, 5.41) is 14.0. The van der Waals surface area contributed by atoms with Gasteiger partial charge in [0.05, 0.1) is 5.25 Å². The maximum atomic E-state index is 14.1. The molecule has 0 radical (unpaired) electrons. The first-order chi connectivity index (χ1) is 16.6. The van der Waals surface area contributed by atoms with E-state index in [-0.39, 0.29) is 29.5 Å². The second-order valence-electron chi connectivity index (χ2n) is 10.1. The lowest BCUT2D eigenvalue weighted by atomic mass is 9.84. The van der Waals surface area contributed by atoms with E-state index in [1.54, 1.807) is 30.0 Å². The van der Waals surface area contributed by atoms with Gasteiger partial charge in [-0.2, -0.15) is 4.98 Å². The molecule has 0 spiro atoms. The lowest BCUT2D eigenvalue weighted by Crippen LogP contribution is -2.24. The molecule has 3 aliphatic rings. The van der Waals surface area contributed by atoms with Crippen molar-refractivity contribution in [1.29, 1.82) is 0 Å². The Labute approximate surface area is 202 Å². The number of benzene rings is 1. The lowest BCUT2D eigenvalue weighted by Gasteiger charge is -2.30. The maximum Gasteiger partial charge on any atom is 0.239 e. The van der Waals surface area contributed by atoms with Crippen LogP contribution in [-0.4, -0.2) is 24.9 Å². The Bertz CT molecular complexity index is 1160. The van der Waals surface area contributed by atoms with Gasteiger partial charge in [0.2, 0.25) is 5.89 Å². The SMILES string of the molecule is CC(Sc1nnc(COc2ccccc2F)n1C(C)C1CC2CCC1C2)c1nc(C2CC2)no1. The molecule has 3 fully saturated rings. The zero-order valence-corrected chi connectivity index (χ0v) is 20.4. The third kappa shape index (κ3) is 4.23. The highest BCUT2D eigenvalue weighted by molar-refractivity contribution is 7.99. The predicted octanol–water partition coefficient (Wildman–Crippen LogP) is 6.11. The van der Waals surface area contributed by atoms with Crippen molar-refractivity contribution in [2.45, 2.75) is 81.3 Å². The van der Waals surface area contributed by atoms with Gasteiger partial charge >= 0.3 is 0 Å². The minimum absolute atomic E-state index is 0.0458. The summed E-state index contributed by atoms with van der Waals surface area (Å²) in [4.78, 5) is 4.62. The van der Waals surface area contributed by atoms with Gasteiger partial charge in [-0.15, -0.1) is 10.2 Å². The van der Waals surface area contributed by atoms with E-state index in [4.69, 9.17) is 9.26 Å². The standard InChI is InChI=1S/C25H30FN5O2S/c1-14(19-12-16-7-8-18(19)11-16)31-22(13-32-21-6-4-3-5-20(21)26)28-29-25(31)34-15(2)24-27-23(30-33-24)17-9-10-17/h3-6,14-19H,7-13H2,1-2H3. The van der Waals surface area contributed by atoms with Crippen LogP contribution < -0.4 is 4.74 Å². The Morgan fingerprint density at radius 2 is 2.00 bits per heavy atom. The highest BCUT2D eigenvalue weighted by Crippen LogP contribution is 2.53. The van der Waals surface area contributed by atoms with Crippen molar-refractivity contribution in [1.82, 2.24) is 24.9 Å². The molecule has 6 rings (SSSR count). The molecule has 3 saturated carbocycles. The van der Waals surface area contributed by atoms with Gasteiger partial charge in [-0.05, 0) is 75.8 Å². The average molecular weight is 484 g/mol. The minimum atomic E-state index is -0.374. The molecular weight excluding hydrogens is 453 g/mol. The first kappa shape index (κ1) is 22.1. The van der Waals surface area contributed by atoms with Crippen LogP contribution in [0.4, 0.5) is 4.39 Å². The van der Waals surface area contributed by atoms with Gasteiger partial charge in [0.1, 0.15) is 6.61 Å². The molecule has 0 amide bonds. The van der Waals surface area contributed by atoms with Gasteiger partial charge in [0, 0.05) is 12.0 Å². The Morgan fingerprint density at radius 3 is 2.74 bits per heavy atom. The van der Waals surface area contributed by atoms with Crippen molar-refractivity contribution in [2.24, 2.45) is 17.8 Å². The largest absolute Gasteiger partial charge is 0.483 e. The number of aromatic nitrogens is 5. The molecule has 2 bridgehead atoms. The summed E-state index contributed by atoms with van der Waals surface area (Å²) >= 11 is 1.59. The molecule has 0 N–H and O–H groups in total. The number of nitrogens with zero attached hydrogens (tertiary/aromatic N) is 5. The van der Waals surface area contributed by atoms with Crippen molar-refractivity contribution < 1.29 is 13.7 Å². The van der Waals surface area contributed by atoms with Crippen LogP contribution in [-0.2, 0) is 6.61 Å². The van der Waals surface area contributed by atoms with E-state index in [9.17, 15) is 4.39 Å². The molecule has 34 heavy (non-hydrogen) atoms. The van der Waals surface area contributed by atoms with Crippen molar-refractivity contribution in [3.05, 3.63) is 47.6 Å².